The highest BCUT2D eigenvalue weighted by Gasteiger charge is 1.96. The van der Waals surface area contributed by atoms with Gasteiger partial charge in [-0.15, -0.1) is 0 Å². The fourth-order valence-corrected chi connectivity index (χ4v) is 1.26. The number of ether oxygens (including phenoxy) is 3. The zero-order valence-corrected chi connectivity index (χ0v) is 10.3. The average molecular weight is 254 g/mol. The van der Waals surface area contributed by atoms with E-state index < -0.39 is 6.09 Å². The molecule has 6 nitrogen and oxygen atoms in total. The fourth-order valence-electron chi connectivity index (χ4n) is 1.26. The SMILES string of the molecule is COc1ccc(OCCNCCOC(N)=O)cc1. The zero-order chi connectivity index (χ0) is 13.2. The Labute approximate surface area is 106 Å². The summed E-state index contributed by atoms with van der Waals surface area (Å²) in [5.74, 6) is 1.58. The van der Waals surface area contributed by atoms with Gasteiger partial charge in [-0.25, -0.2) is 4.79 Å². The predicted molar refractivity (Wildman–Crippen MR) is 66.9 cm³/mol. The molecule has 3 N–H and O–H groups in total. The van der Waals surface area contributed by atoms with E-state index in [1.807, 2.05) is 24.3 Å². The van der Waals surface area contributed by atoms with Gasteiger partial charge >= 0.3 is 6.09 Å². The molecule has 1 rings (SSSR count). The first-order valence-corrected chi connectivity index (χ1v) is 5.62. The number of benzene rings is 1. The molecule has 0 heterocycles. The van der Waals surface area contributed by atoms with E-state index in [1.54, 1.807) is 7.11 Å². The standard InChI is InChI=1S/C12H18N2O4/c1-16-10-2-4-11(5-3-10)17-8-6-14-7-9-18-12(13)15/h2-5,14H,6-9H2,1H3,(H2,13,15). The lowest BCUT2D eigenvalue weighted by atomic mass is 10.3. The minimum absolute atomic E-state index is 0.262. The predicted octanol–water partition coefficient (Wildman–Crippen LogP) is 0.759. The van der Waals surface area contributed by atoms with Crippen molar-refractivity contribution in [2.24, 2.45) is 5.73 Å². The Bertz CT molecular complexity index is 354. The lowest BCUT2D eigenvalue weighted by Crippen LogP contribution is -2.27. The van der Waals surface area contributed by atoms with E-state index in [0.29, 0.717) is 19.7 Å². The zero-order valence-electron chi connectivity index (χ0n) is 10.3. The topological polar surface area (TPSA) is 82.8 Å². The molecular formula is C12H18N2O4. The molecule has 1 aromatic rings. The van der Waals surface area contributed by atoms with Gasteiger partial charge in [0, 0.05) is 13.1 Å². The van der Waals surface area contributed by atoms with Crippen molar-refractivity contribution < 1.29 is 19.0 Å². The van der Waals surface area contributed by atoms with Crippen molar-refractivity contribution in [2.75, 3.05) is 33.4 Å². The smallest absolute Gasteiger partial charge is 0.404 e. The van der Waals surface area contributed by atoms with Crippen molar-refractivity contribution in [3.05, 3.63) is 24.3 Å². The Kier molecular flexibility index (Phi) is 6.42. The summed E-state index contributed by atoms with van der Waals surface area (Å²) in [6, 6.07) is 7.36. The summed E-state index contributed by atoms with van der Waals surface area (Å²) < 4.78 is 15.1. The third-order valence-corrected chi connectivity index (χ3v) is 2.13. The summed E-state index contributed by atoms with van der Waals surface area (Å²) in [6.07, 6.45) is -0.758. The molecule has 0 saturated heterocycles. The molecule has 0 aromatic heterocycles. The van der Waals surface area contributed by atoms with Crippen LogP contribution in [0.1, 0.15) is 0 Å². The first-order valence-electron chi connectivity index (χ1n) is 5.62. The van der Waals surface area contributed by atoms with Crippen molar-refractivity contribution in [3.63, 3.8) is 0 Å². The molecule has 100 valence electrons. The molecule has 0 bridgehead atoms. The monoisotopic (exact) mass is 254 g/mol. The van der Waals surface area contributed by atoms with Crippen molar-refractivity contribution in [1.29, 1.82) is 0 Å². The van der Waals surface area contributed by atoms with Gasteiger partial charge in [0.05, 0.1) is 7.11 Å². The molecule has 1 amide bonds. The highest BCUT2D eigenvalue weighted by atomic mass is 16.5. The maximum absolute atomic E-state index is 10.3. The molecule has 0 aliphatic rings. The Hall–Kier alpha value is -1.95. The quantitative estimate of drug-likeness (QED) is 0.669. The molecule has 6 heteroatoms. The Morgan fingerprint density at radius 3 is 2.39 bits per heavy atom. The lowest BCUT2D eigenvalue weighted by Gasteiger charge is -2.08. The third-order valence-electron chi connectivity index (χ3n) is 2.13. The molecule has 0 aliphatic carbocycles. The summed E-state index contributed by atoms with van der Waals surface area (Å²) >= 11 is 0. The highest BCUT2D eigenvalue weighted by molar-refractivity contribution is 5.64. The normalized spacial score (nSPS) is 9.83. The largest absolute Gasteiger partial charge is 0.497 e. The van der Waals surface area contributed by atoms with E-state index in [9.17, 15) is 4.79 Å². The minimum Gasteiger partial charge on any atom is -0.497 e. The second kappa shape index (κ2) is 8.19. The second-order valence-electron chi connectivity index (χ2n) is 3.44. The minimum atomic E-state index is -0.758. The van der Waals surface area contributed by atoms with Gasteiger partial charge in [0.2, 0.25) is 0 Å². The van der Waals surface area contributed by atoms with Gasteiger partial charge in [-0.05, 0) is 24.3 Å². The van der Waals surface area contributed by atoms with E-state index in [0.717, 1.165) is 11.5 Å². The van der Waals surface area contributed by atoms with E-state index in [2.05, 4.69) is 10.1 Å². The Morgan fingerprint density at radius 2 is 1.78 bits per heavy atom. The number of carbonyl (C=O) groups excluding carboxylic acids is 1. The van der Waals surface area contributed by atoms with Crippen LogP contribution in [-0.2, 0) is 4.74 Å². The summed E-state index contributed by atoms with van der Waals surface area (Å²) in [5.41, 5.74) is 4.81. The second-order valence-corrected chi connectivity index (χ2v) is 3.44. The van der Waals surface area contributed by atoms with E-state index in [4.69, 9.17) is 15.2 Å². The van der Waals surface area contributed by atoms with Crippen LogP contribution in [-0.4, -0.2) is 39.5 Å². The van der Waals surface area contributed by atoms with Crippen molar-refractivity contribution >= 4 is 6.09 Å². The van der Waals surface area contributed by atoms with Crippen LogP contribution in [0.25, 0.3) is 0 Å². The number of primary amides is 1. The van der Waals surface area contributed by atoms with Gasteiger partial charge < -0.3 is 25.3 Å². The molecular weight excluding hydrogens is 236 g/mol. The van der Waals surface area contributed by atoms with Crippen LogP contribution in [0.5, 0.6) is 11.5 Å². The van der Waals surface area contributed by atoms with Crippen LogP contribution < -0.4 is 20.5 Å². The highest BCUT2D eigenvalue weighted by Crippen LogP contribution is 2.16. The van der Waals surface area contributed by atoms with Crippen LogP contribution in [0.3, 0.4) is 0 Å². The van der Waals surface area contributed by atoms with Gasteiger partial charge in [-0.3, -0.25) is 0 Å². The number of hydrogen-bond donors (Lipinski definition) is 2. The van der Waals surface area contributed by atoms with Crippen LogP contribution in [0.15, 0.2) is 24.3 Å². The summed E-state index contributed by atoms with van der Waals surface area (Å²) in [6.45, 7) is 2.00. The summed E-state index contributed by atoms with van der Waals surface area (Å²) in [5, 5.41) is 3.05. The number of rotatable bonds is 8. The third kappa shape index (κ3) is 5.95. The van der Waals surface area contributed by atoms with Crippen LogP contribution in [0, 0.1) is 0 Å². The Morgan fingerprint density at radius 1 is 1.17 bits per heavy atom. The van der Waals surface area contributed by atoms with Crippen LogP contribution >= 0.6 is 0 Å². The number of nitrogens with two attached hydrogens (primary N) is 1. The maximum Gasteiger partial charge on any atom is 0.404 e. The molecule has 0 atom stereocenters. The van der Waals surface area contributed by atoms with E-state index >= 15 is 0 Å². The maximum atomic E-state index is 10.3. The molecule has 0 unspecified atom stereocenters. The van der Waals surface area contributed by atoms with Gasteiger partial charge in [-0.2, -0.15) is 0 Å². The molecule has 0 fully saturated rings. The lowest BCUT2D eigenvalue weighted by molar-refractivity contribution is 0.157. The molecule has 0 saturated carbocycles. The molecule has 0 spiro atoms. The number of nitrogens with one attached hydrogen (secondary N) is 1. The van der Waals surface area contributed by atoms with E-state index in [1.165, 1.54) is 0 Å². The van der Waals surface area contributed by atoms with Gasteiger partial charge in [0.15, 0.2) is 0 Å². The number of carbonyl (C=O) groups is 1. The average Bonchev–Trinajstić information content (AvgIpc) is 2.38. The number of methoxy groups -OCH3 is 1. The van der Waals surface area contributed by atoms with Crippen molar-refractivity contribution in [1.82, 2.24) is 5.32 Å². The first-order chi connectivity index (χ1) is 8.72. The fraction of sp³-hybridized carbons (Fsp3) is 0.417. The molecule has 18 heavy (non-hydrogen) atoms. The first kappa shape index (κ1) is 14.1. The van der Waals surface area contributed by atoms with E-state index in [-0.39, 0.29) is 6.61 Å². The van der Waals surface area contributed by atoms with Crippen LogP contribution in [0.2, 0.25) is 0 Å². The number of amides is 1. The Balaban J connectivity index is 2.05. The molecule has 1 aromatic carbocycles. The molecule has 0 aliphatic heterocycles. The summed E-state index contributed by atoms with van der Waals surface area (Å²) in [4.78, 5) is 10.3. The van der Waals surface area contributed by atoms with Crippen molar-refractivity contribution in [3.8, 4) is 11.5 Å². The summed E-state index contributed by atoms with van der Waals surface area (Å²) in [7, 11) is 1.62. The van der Waals surface area contributed by atoms with Crippen molar-refractivity contribution in [2.45, 2.75) is 0 Å². The van der Waals surface area contributed by atoms with Gasteiger partial charge in [-0.1, -0.05) is 0 Å². The van der Waals surface area contributed by atoms with Gasteiger partial charge in [0.1, 0.15) is 24.7 Å². The van der Waals surface area contributed by atoms with Crippen LogP contribution in [0.4, 0.5) is 4.79 Å². The number of hydrogen-bond acceptors (Lipinski definition) is 5. The molecule has 0 radical (unpaired) electrons. The van der Waals surface area contributed by atoms with Gasteiger partial charge in [0.25, 0.3) is 0 Å².